The van der Waals surface area contributed by atoms with Crippen molar-refractivity contribution in [2.75, 3.05) is 26.8 Å². The van der Waals surface area contributed by atoms with Gasteiger partial charge in [-0.15, -0.1) is 0 Å². The Kier molecular flexibility index (Phi) is 7.68. The van der Waals surface area contributed by atoms with Gasteiger partial charge >= 0.3 is 17.6 Å². The Morgan fingerprint density at radius 3 is 2.44 bits per heavy atom. The molecule has 3 aromatic rings. The largest absolute Gasteiger partial charge is 0.489 e. The molecule has 1 aliphatic heterocycles. The van der Waals surface area contributed by atoms with E-state index in [0.717, 1.165) is 16.5 Å². The van der Waals surface area contributed by atoms with Gasteiger partial charge in [-0.2, -0.15) is 0 Å². The molecule has 1 fully saturated rings. The predicted molar refractivity (Wildman–Crippen MR) is 130 cm³/mol. The third-order valence-corrected chi connectivity index (χ3v) is 6.23. The van der Waals surface area contributed by atoms with Gasteiger partial charge in [0.1, 0.15) is 17.9 Å². The number of piperidine rings is 1. The molecule has 4 rings (SSSR count). The molecule has 1 aromatic heterocycles. The van der Waals surface area contributed by atoms with Crippen molar-refractivity contribution in [3.63, 3.8) is 0 Å². The lowest BCUT2D eigenvalue weighted by atomic mass is 9.97. The number of nitrogens with zero attached hydrogens (tertiary/aromatic N) is 1. The van der Waals surface area contributed by atoms with Crippen LogP contribution < -0.4 is 10.4 Å². The van der Waals surface area contributed by atoms with Crippen molar-refractivity contribution in [2.45, 2.75) is 26.4 Å². The van der Waals surface area contributed by atoms with Gasteiger partial charge in [-0.05, 0) is 55.2 Å². The quantitative estimate of drug-likeness (QED) is 0.364. The summed E-state index contributed by atoms with van der Waals surface area (Å²) >= 11 is 0. The fraction of sp³-hybridized carbons (Fsp3) is 0.333. The van der Waals surface area contributed by atoms with Crippen LogP contribution in [0.4, 0.5) is 0 Å². The number of rotatable bonds is 7. The van der Waals surface area contributed by atoms with Crippen LogP contribution in [-0.2, 0) is 25.7 Å². The zero-order valence-electron chi connectivity index (χ0n) is 20.2. The van der Waals surface area contributed by atoms with Gasteiger partial charge < -0.3 is 23.5 Å². The van der Waals surface area contributed by atoms with E-state index in [-0.39, 0.29) is 31.0 Å². The van der Waals surface area contributed by atoms with Crippen LogP contribution in [0.15, 0.2) is 57.7 Å². The van der Waals surface area contributed by atoms with Gasteiger partial charge in [-0.1, -0.05) is 12.1 Å². The molecule has 1 saturated heterocycles. The molecule has 188 valence electrons. The lowest BCUT2D eigenvalue weighted by Gasteiger charge is -2.30. The lowest BCUT2D eigenvalue weighted by molar-refractivity contribution is -0.149. The van der Waals surface area contributed by atoms with Crippen molar-refractivity contribution < 1.29 is 33.0 Å². The van der Waals surface area contributed by atoms with Crippen LogP contribution >= 0.6 is 0 Å². The van der Waals surface area contributed by atoms with Crippen LogP contribution in [0.2, 0.25) is 0 Å². The smallest absolute Gasteiger partial charge is 0.338 e. The Morgan fingerprint density at radius 2 is 1.75 bits per heavy atom. The van der Waals surface area contributed by atoms with E-state index in [1.165, 1.54) is 13.2 Å². The first-order valence-electron chi connectivity index (χ1n) is 11.6. The van der Waals surface area contributed by atoms with Crippen molar-refractivity contribution in [3.8, 4) is 5.75 Å². The van der Waals surface area contributed by atoms with Crippen LogP contribution in [0.1, 0.15) is 34.3 Å². The highest BCUT2D eigenvalue weighted by Gasteiger charge is 2.28. The molecule has 0 unspecified atom stereocenters. The molecule has 0 radical (unpaired) electrons. The minimum absolute atomic E-state index is 0.199. The number of hydrogen-bond donors (Lipinski definition) is 0. The summed E-state index contributed by atoms with van der Waals surface area (Å²) in [5.41, 5.74) is 2.02. The number of carbonyl (C=O) groups is 3. The standard InChI is InChI=1S/C27H27NO8/c1-17-13-25(30)36-23-14-21(7-8-22(17)23)34-15-18-3-5-19(6-4-18)27(32)35-16-24(29)28-11-9-20(10-12-28)26(31)33-2/h3-8,13-14,20H,9-12,15-16H2,1-2H3. The number of ether oxygens (including phenoxy) is 3. The van der Waals surface area contributed by atoms with E-state index in [4.69, 9.17) is 18.6 Å². The fourth-order valence-electron chi connectivity index (χ4n) is 4.13. The van der Waals surface area contributed by atoms with Crippen LogP contribution in [-0.4, -0.2) is 49.6 Å². The van der Waals surface area contributed by atoms with Gasteiger partial charge in [-0.25, -0.2) is 9.59 Å². The highest BCUT2D eigenvalue weighted by molar-refractivity contribution is 5.91. The molecule has 2 heterocycles. The zero-order chi connectivity index (χ0) is 25.7. The summed E-state index contributed by atoms with van der Waals surface area (Å²) in [5.74, 6) is -0.801. The van der Waals surface area contributed by atoms with E-state index in [0.29, 0.717) is 42.8 Å². The third kappa shape index (κ3) is 5.91. The van der Waals surface area contributed by atoms with Gasteiger partial charge in [0.15, 0.2) is 6.61 Å². The molecule has 1 amide bonds. The molecule has 9 heteroatoms. The topological polar surface area (TPSA) is 112 Å². The summed E-state index contributed by atoms with van der Waals surface area (Å²) in [7, 11) is 1.35. The van der Waals surface area contributed by atoms with Gasteiger partial charge in [0.25, 0.3) is 5.91 Å². The number of methoxy groups -OCH3 is 1. The second-order valence-corrected chi connectivity index (χ2v) is 8.65. The highest BCUT2D eigenvalue weighted by atomic mass is 16.5. The number of aryl methyl sites for hydroxylation is 1. The number of amides is 1. The highest BCUT2D eigenvalue weighted by Crippen LogP contribution is 2.23. The van der Waals surface area contributed by atoms with Crippen LogP contribution in [0.3, 0.4) is 0 Å². The van der Waals surface area contributed by atoms with E-state index < -0.39 is 11.6 Å². The van der Waals surface area contributed by atoms with E-state index in [9.17, 15) is 19.2 Å². The Balaban J connectivity index is 1.26. The summed E-state index contributed by atoms with van der Waals surface area (Å²) in [5, 5.41) is 0.842. The average Bonchev–Trinajstić information content (AvgIpc) is 2.90. The maximum absolute atomic E-state index is 12.4. The summed E-state index contributed by atoms with van der Waals surface area (Å²) in [6.45, 7) is 2.58. The minimum atomic E-state index is -0.597. The normalized spacial score (nSPS) is 13.9. The molecule has 0 aliphatic carbocycles. The Hall–Kier alpha value is -4.14. The second-order valence-electron chi connectivity index (χ2n) is 8.65. The van der Waals surface area contributed by atoms with Crippen LogP contribution in [0.25, 0.3) is 11.0 Å². The van der Waals surface area contributed by atoms with Crippen molar-refractivity contribution in [2.24, 2.45) is 5.92 Å². The predicted octanol–water partition coefficient (Wildman–Crippen LogP) is 3.25. The second kappa shape index (κ2) is 11.1. The first-order chi connectivity index (χ1) is 17.3. The monoisotopic (exact) mass is 493 g/mol. The Labute approximate surface area is 207 Å². The fourth-order valence-corrected chi connectivity index (χ4v) is 4.13. The van der Waals surface area contributed by atoms with Gasteiger partial charge in [0.2, 0.25) is 0 Å². The molecular formula is C27H27NO8. The first-order valence-corrected chi connectivity index (χ1v) is 11.6. The van der Waals surface area contributed by atoms with E-state index in [1.807, 2.05) is 13.0 Å². The molecule has 9 nitrogen and oxygen atoms in total. The molecule has 36 heavy (non-hydrogen) atoms. The molecule has 2 aromatic carbocycles. The third-order valence-electron chi connectivity index (χ3n) is 6.23. The van der Waals surface area contributed by atoms with E-state index >= 15 is 0 Å². The van der Waals surface area contributed by atoms with E-state index in [1.54, 1.807) is 41.3 Å². The Bertz CT molecular complexity index is 1320. The zero-order valence-corrected chi connectivity index (χ0v) is 20.2. The SMILES string of the molecule is COC(=O)C1CCN(C(=O)COC(=O)c2ccc(COc3ccc4c(C)cc(=O)oc4c3)cc2)CC1. The minimum Gasteiger partial charge on any atom is -0.489 e. The van der Waals surface area contributed by atoms with Gasteiger partial charge in [-0.3, -0.25) is 9.59 Å². The number of benzene rings is 2. The number of hydrogen-bond acceptors (Lipinski definition) is 8. The van der Waals surface area contributed by atoms with Gasteiger partial charge in [0.05, 0.1) is 18.6 Å². The molecule has 0 spiro atoms. The summed E-state index contributed by atoms with van der Waals surface area (Å²) in [6.07, 6.45) is 1.06. The first kappa shape index (κ1) is 25.0. The van der Waals surface area contributed by atoms with Crippen molar-refractivity contribution in [1.29, 1.82) is 0 Å². The number of esters is 2. The maximum atomic E-state index is 12.4. The van der Waals surface area contributed by atoms with E-state index in [2.05, 4.69) is 0 Å². The molecule has 1 aliphatic rings. The summed E-state index contributed by atoms with van der Waals surface area (Å²) in [4.78, 5) is 49.5. The molecular weight excluding hydrogens is 466 g/mol. The number of carbonyl (C=O) groups excluding carboxylic acids is 3. The molecule has 0 saturated carbocycles. The molecule has 0 atom stereocenters. The van der Waals surface area contributed by atoms with Crippen molar-refractivity contribution >= 4 is 28.8 Å². The number of fused-ring (bicyclic) bond motifs is 1. The Morgan fingerprint density at radius 1 is 1.03 bits per heavy atom. The summed E-state index contributed by atoms with van der Waals surface area (Å²) in [6, 6.07) is 13.4. The molecule has 0 bridgehead atoms. The lowest BCUT2D eigenvalue weighted by Crippen LogP contribution is -2.42. The van der Waals surface area contributed by atoms with Crippen molar-refractivity contribution in [3.05, 3.63) is 75.6 Å². The van der Waals surface area contributed by atoms with Crippen LogP contribution in [0.5, 0.6) is 5.75 Å². The molecule has 0 N–H and O–H groups in total. The van der Waals surface area contributed by atoms with Gasteiger partial charge in [0, 0.05) is 30.6 Å². The van der Waals surface area contributed by atoms with Crippen LogP contribution in [0, 0.1) is 12.8 Å². The summed E-state index contributed by atoms with van der Waals surface area (Å²) < 4.78 is 21.0. The van der Waals surface area contributed by atoms with Crippen molar-refractivity contribution in [1.82, 2.24) is 4.90 Å². The average molecular weight is 494 g/mol. The maximum Gasteiger partial charge on any atom is 0.338 e. The number of likely N-dealkylation sites (tertiary alicyclic amines) is 1.